The molecule has 0 saturated carbocycles. The molecule has 8 heteroatoms. The predicted molar refractivity (Wildman–Crippen MR) is 101 cm³/mol. The maximum absolute atomic E-state index is 11.9. The van der Waals surface area contributed by atoms with Gasteiger partial charge in [-0.1, -0.05) is 41.4 Å². The van der Waals surface area contributed by atoms with Gasteiger partial charge in [0.15, 0.2) is 0 Å². The molecule has 0 radical (unpaired) electrons. The number of benzene rings is 2. The van der Waals surface area contributed by atoms with Gasteiger partial charge in [0.1, 0.15) is 0 Å². The average molecular weight is 394 g/mol. The SMILES string of the molecule is O=C(CNC(=O)c1ccccc1)NCCNC(=O)c1ccc(Cl)c(Cl)c1. The second-order valence-electron chi connectivity index (χ2n) is 5.28. The summed E-state index contributed by atoms with van der Waals surface area (Å²) in [5.74, 6) is -0.998. The lowest BCUT2D eigenvalue weighted by Gasteiger charge is -2.08. The largest absolute Gasteiger partial charge is 0.353 e. The highest BCUT2D eigenvalue weighted by Crippen LogP contribution is 2.22. The van der Waals surface area contributed by atoms with Gasteiger partial charge in [0.25, 0.3) is 11.8 Å². The van der Waals surface area contributed by atoms with E-state index >= 15 is 0 Å². The van der Waals surface area contributed by atoms with Crippen molar-refractivity contribution in [3.8, 4) is 0 Å². The highest BCUT2D eigenvalue weighted by molar-refractivity contribution is 6.42. The highest BCUT2D eigenvalue weighted by atomic mass is 35.5. The Morgan fingerprint density at radius 3 is 2.08 bits per heavy atom. The van der Waals surface area contributed by atoms with Crippen LogP contribution < -0.4 is 16.0 Å². The van der Waals surface area contributed by atoms with Crippen molar-refractivity contribution >= 4 is 40.9 Å². The first-order valence-electron chi connectivity index (χ1n) is 7.80. The molecule has 0 aliphatic heterocycles. The molecule has 2 aromatic rings. The number of nitrogens with one attached hydrogen (secondary N) is 3. The quantitative estimate of drug-likeness (QED) is 0.630. The highest BCUT2D eigenvalue weighted by Gasteiger charge is 2.09. The van der Waals surface area contributed by atoms with Crippen molar-refractivity contribution in [3.63, 3.8) is 0 Å². The number of halogens is 2. The molecule has 6 nitrogen and oxygen atoms in total. The number of amides is 3. The second-order valence-corrected chi connectivity index (χ2v) is 6.10. The van der Waals surface area contributed by atoms with E-state index in [-0.39, 0.29) is 37.4 Å². The third-order valence-corrected chi connectivity index (χ3v) is 4.10. The Morgan fingerprint density at radius 2 is 1.38 bits per heavy atom. The van der Waals surface area contributed by atoms with Crippen molar-refractivity contribution in [2.24, 2.45) is 0 Å². The van der Waals surface area contributed by atoms with Crippen LogP contribution in [0.15, 0.2) is 48.5 Å². The fourth-order valence-electron chi connectivity index (χ4n) is 2.03. The molecule has 3 N–H and O–H groups in total. The van der Waals surface area contributed by atoms with Gasteiger partial charge < -0.3 is 16.0 Å². The number of hydrogen-bond donors (Lipinski definition) is 3. The molecule has 0 saturated heterocycles. The Balaban J connectivity index is 1.66. The van der Waals surface area contributed by atoms with Gasteiger partial charge in [-0.2, -0.15) is 0 Å². The van der Waals surface area contributed by atoms with E-state index in [2.05, 4.69) is 16.0 Å². The van der Waals surface area contributed by atoms with Crippen LogP contribution >= 0.6 is 23.2 Å². The van der Waals surface area contributed by atoms with Crippen LogP contribution in [0.1, 0.15) is 20.7 Å². The standard InChI is InChI=1S/C18H17Cl2N3O3/c19-14-7-6-13(10-15(14)20)18(26)22-9-8-21-16(24)11-23-17(25)12-4-2-1-3-5-12/h1-7,10H,8-9,11H2,(H,21,24)(H,22,26)(H,23,25). The Labute approximate surface area is 160 Å². The number of carbonyl (C=O) groups is 3. The lowest BCUT2D eigenvalue weighted by atomic mass is 10.2. The Hall–Kier alpha value is -2.57. The first kappa shape index (κ1) is 19.8. The molecular formula is C18H17Cl2N3O3. The van der Waals surface area contributed by atoms with Gasteiger partial charge in [-0.05, 0) is 30.3 Å². The van der Waals surface area contributed by atoms with Crippen molar-refractivity contribution < 1.29 is 14.4 Å². The lowest BCUT2D eigenvalue weighted by molar-refractivity contribution is -0.120. The number of rotatable bonds is 7. The van der Waals surface area contributed by atoms with Crippen LogP contribution in [0.5, 0.6) is 0 Å². The molecule has 0 aliphatic rings. The topological polar surface area (TPSA) is 87.3 Å². The molecule has 0 bridgehead atoms. The summed E-state index contributed by atoms with van der Waals surface area (Å²) >= 11 is 11.7. The Bertz CT molecular complexity index is 798. The van der Waals surface area contributed by atoms with Gasteiger partial charge in [-0.25, -0.2) is 0 Å². The molecule has 0 spiro atoms. The van der Waals surface area contributed by atoms with Crippen LogP contribution in [-0.4, -0.2) is 37.4 Å². The summed E-state index contributed by atoms with van der Waals surface area (Å²) in [6.45, 7) is 0.318. The molecule has 2 aromatic carbocycles. The van der Waals surface area contributed by atoms with Crippen molar-refractivity contribution in [3.05, 3.63) is 69.7 Å². The third-order valence-electron chi connectivity index (χ3n) is 3.36. The molecular weight excluding hydrogens is 377 g/mol. The minimum atomic E-state index is -0.349. The molecule has 0 aromatic heterocycles. The first-order chi connectivity index (χ1) is 12.5. The fraction of sp³-hybridized carbons (Fsp3) is 0.167. The van der Waals surface area contributed by atoms with Gasteiger partial charge in [-0.15, -0.1) is 0 Å². The smallest absolute Gasteiger partial charge is 0.251 e. The minimum absolute atomic E-state index is 0.144. The molecule has 0 atom stereocenters. The van der Waals surface area contributed by atoms with Crippen LogP contribution in [0.25, 0.3) is 0 Å². The average Bonchev–Trinajstić information content (AvgIpc) is 2.66. The van der Waals surface area contributed by atoms with Crippen molar-refractivity contribution in [2.75, 3.05) is 19.6 Å². The molecule has 26 heavy (non-hydrogen) atoms. The molecule has 3 amide bonds. The van der Waals surface area contributed by atoms with Gasteiger partial charge in [-0.3, -0.25) is 14.4 Å². The number of carbonyl (C=O) groups excluding carboxylic acids is 3. The molecule has 0 fully saturated rings. The lowest BCUT2D eigenvalue weighted by Crippen LogP contribution is -2.40. The van der Waals surface area contributed by atoms with E-state index in [1.54, 1.807) is 36.4 Å². The van der Waals surface area contributed by atoms with Crippen molar-refractivity contribution in [2.45, 2.75) is 0 Å². The van der Waals surface area contributed by atoms with Gasteiger partial charge in [0.05, 0.1) is 16.6 Å². The molecule has 136 valence electrons. The summed E-state index contributed by atoms with van der Waals surface area (Å²) in [5.41, 5.74) is 0.857. The summed E-state index contributed by atoms with van der Waals surface area (Å²) in [7, 11) is 0. The Morgan fingerprint density at radius 1 is 0.731 bits per heavy atom. The zero-order valence-corrected chi connectivity index (χ0v) is 15.2. The summed E-state index contributed by atoms with van der Waals surface area (Å²) < 4.78 is 0. The van der Waals surface area contributed by atoms with Gasteiger partial charge in [0.2, 0.25) is 5.91 Å². The van der Waals surface area contributed by atoms with Gasteiger partial charge in [0, 0.05) is 24.2 Å². The van der Waals surface area contributed by atoms with Crippen LogP contribution in [0.3, 0.4) is 0 Å². The minimum Gasteiger partial charge on any atom is -0.353 e. The summed E-state index contributed by atoms with van der Waals surface area (Å²) in [4.78, 5) is 35.5. The molecule has 0 heterocycles. The monoisotopic (exact) mass is 393 g/mol. The Kier molecular flexibility index (Phi) is 7.44. The second kappa shape index (κ2) is 9.79. The van der Waals surface area contributed by atoms with Crippen molar-refractivity contribution in [1.29, 1.82) is 0 Å². The van der Waals surface area contributed by atoms with E-state index < -0.39 is 0 Å². The molecule has 0 aliphatic carbocycles. The maximum atomic E-state index is 11.9. The number of hydrogen-bond acceptors (Lipinski definition) is 3. The van der Waals surface area contributed by atoms with E-state index in [0.29, 0.717) is 21.2 Å². The zero-order valence-electron chi connectivity index (χ0n) is 13.7. The summed E-state index contributed by atoms with van der Waals surface area (Å²) in [5, 5.41) is 8.43. The summed E-state index contributed by atoms with van der Waals surface area (Å²) in [6, 6.07) is 13.2. The van der Waals surface area contributed by atoms with Crippen LogP contribution in [0.2, 0.25) is 10.0 Å². The molecule has 2 rings (SSSR count). The normalized spacial score (nSPS) is 10.1. The van der Waals surface area contributed by atoms with Gasteiger partial charge >= 0.3 is 0 Å². The van der Waals surface area contributed by atoms with E-state index in [1.807, 2.05) is 0 Å². The maximum Gasteiger partial charge on any atom is 0.251 e. The predicted octanol–water partition coefficient (Wildman–Crippen LogP) is 2.27. The van der Waals surface area contributed by atoms with Crippen LogP contribution in [-0.2, 0) is 4.79 Å². The van der Waals surface area contributed by atoms with E-state index in [9.17, 15) is 14.4 Å². The fourth-order valence-corrected chi connectivity index (χ4v) is 2.33. The van der Waals surface area contributed by atoms with Crippen LogP contribution in [0.4, 0.5) is 0 Å². The zero-order chi connectivity index (χ0) is 18.9. The third kappa shape index (κ3) is 6.06. The van der Waals surface area contributed by atoms with E-state index in [1.165, 1.54) is 12.1 Å². The summed E-state index contributed by atoms with van der Waals surface area (Å²) in [6.07, 6.45) is 0. The van der Waals surface area contributed by atoms with Crippen molar-refractivity contribution in [1.82, 2.24) is 16.0 Å². The molecule has 0 unspecified atom stereocenters. The van der Waals surface area contributed by atoms with E-state index in [0.717, 1.165) is 0 Å². The first-order valence-corrected chi connectivity index (χ1v) is 8.56. The van der Waals surface area contributed by atoms with E-state index in [4.69, 9.17) is 23.2 Å². The van der Waals surface area contributed by atoms with Crippen LogP contribution in [0, 0.1) is 0 Å².